The predicted molar refractivity (Wildman–Crippen MR) is 80.1 cm³/mol. The van der Waals surface area contributed by atoms with E-state index in [1.165, 1.54) is 0 Å². The first-order valence-electron chi connectivity index (χ1n) is 7.22. The standard InChI is InChI=1S/C15H21N3O4/c16-13(19)14(18-6-8-22-9-7-18)17-12(15(20)21)10-11-4-2-1-3-5-11/h1-5,12,14,17H,6-10H2,(H2,16,19)(H,20,21)/t12-,14?/m0/s1. The lowest BCUT2D eigenvalue weighted by Crippen LogP contribution is -2.60. The molecule has 2 atom stereocenters. The smallest absolute Gasteiger partial charge is 0.321 e. The fraction of sp³-hybridized carbons (Fsp3) is 0.467. The normalized spacial score (nSPS) is 18.5. The van der Waals surface area contributed by atoms with E-state index in [-0.39, 0.29) is 6.42 Å². The fourth-order valence-electron chi connectivity index (χ4n) is 2.46. The molecule has 1 unspecified atom stereocenters. The molecule has 120 valence electrons. The molecule has 1 aromatic carbocycles. The Morgan fingerprint density at radius 3 is 2.45 bits per heavy atom. The van der Waals surface area contributed by atoms with Crippen molar-refractivity contribution in [2.45, 2.75) is 18.6 Å². The summed E-state index contributed by atoms with van der Waals surface area (Å²) in [6.45, 7) is 2.08. The van der Waals surface area contributed by atoms with E-state index in [0.29, 0.717) is 26.3 Å². The monoisotopic (exact) mass is 307 g/mol. The Kier molecular flexibility index (Phi) is 5.88. The summed E-state index contributed by atoms with van der Waals surface area (Å²) in [5.41, 5.74) is 6.31. The molecule has 1 saturated heterocycles. The van der Waals surface area contributed by atoms with Gasteiger partial charge in [0.15, 0.2) is 0 Å². The molecule has 1 heterocycles. The highest BCUT2D eigenvalue weighted by molar-refractivity contribution is 5.81. The maximum absolute atomic E-state index is 11.7. The Morgan fingerprint density at radius 1 is 1.27 bits per heavy atom. The van der Waals surface area contributed by atoms with Crippen LogP contribution in [-0.4, -0.2) is 60.4 Å². The van der Waals surface area contributed by atoms with Gasteiger partial charge in [0, 0.05) is 13.1 Å². The molecule has 1 amide bonds. The summed E-state index contributed by atoms with van der Waals surface area (Å²) in [5, 5.41) is 12.3. The minimum absolute atomic E-state index is 0.282. The summed E-state index contributed by atoms with van der Waals surface area (Å²) >= 11 is 0. The van der Waals surface area contributed by atoms with Gasteiger partial charge in [-0.2, -0.15) is 0 Å². The average molecular weight is 307 g/mol. The van der Waals surface area contributed by atoms with Crippen LogP contribution in [0.25, 0.3) is 0 Å². The Hall–Kier alpha value is -1.96. The number of hydrogen-bond donors (Lipinski definition) is 3. The number of morpholine rings is 1. The number of ether oxygens (including phenoxy) is 1. The van der Waals surface area contributed by atoms with Gasteiger partial charge in [0.25, 0.3) is 0 Å². The lowest BCUT2D eigenvalue weighted by Gasteiger charge is -2.34. The first-order chi connectivity index (χ1) is 10.6. The van der Waals surface area contributed by atoms with Gasteiger partial charge in [0.2, 0.25) is 5.91 Å². The molecule has 1 fully saturated rings. The zero-order chi connectivity index (χ0) is 15.9. The van der Waals surface area contributed by atoms with Gasteiger partial charge in [0.1, 0.15) is 12.2 Å². The largest absolute Gasteiger partial charge is 0.480 e. The van der Waals surface area contributed by atoms with Crippen LogP contribution in [0.1, 0.15) is 5.56 Å². The van der Waals surface area contributed by atoms with E-state index in [1.807, 2.05) is 35.2 Å². The van der Waals surface area contributed by atoms with E-state index in [9.17, 15) is 14.7 Å². The fourth-order valence-corrected chi connectivity index (χ4v) is 2.46. The number of carbonyl (C=O) groups excluding carboxylic acids is 1. The summed E-state index contributed by atoms with van der Waals surface area (Å²) in [7, 11) is 0. The number of carboxylic acids is 1. The van der Waals surface area contributed by atoms with Crippen LogP contribution in [0.4, 0.5) is 0 Å². The van der Waals surface area contributed by atoms with Gasteiger partial charge in [-0.1, -0.05) is 30.3 Å². The Bertz CT molecular complexity index is 503. The van der Waals surface area contributed by atoms with Crippen molar-refractivity contribution in [1.82, 2.24) is 10.2 Å². The number of carboxylic acid groups (broad SMARTS) is 1. The number of aliphatic carboxylic acids is 1. The molecule has 0 spiro atoms. The predicted octanol–water partition coefficient (Wildman–Crippen LogP) is -0.584. The third-order valence-electron chi connectivity index (χ3n) is 3.62. The Morgan fingerprint density at radius 2 is 1.91 bits per heavy atom. The Balaban J connectivity index is 2.06. The second-order valence-corrected chi connectivity index (χ2v) is 5.20. The highest BCUT2D eigenvalue weighted by Crippen LogP contribution is 2.07. The van der Waals surface area contributed by atoms with Crippen LogP contribution >= 0.6 is 0 Å². The Labute approximate surface area is 129 Å². The third kappa shape index (κ3) is 4.52. The van der Waals surface area contributed by atoms with Crippen molar-refractivity contribution in [3.8, 4) is 0 Å². The molecule has 0 bridgehead atoms. The number of hydrogen-bond acceptors (Lipinski definition) is 5. The van der Waals surface area contributed by atoms with Crippen molar-refractivity contribution in [2.24, 2.45) is 5.73 Å². The summed E-state index contributed by atoms with van der Waals surface area (Å²) in [6.07, 6.45) is -0.529. The van der Waals surface area contributed by atoms with Crippen LogP contribution in [0.2, 0.25) is 0 Å². The zero-order valence-electron chi connectivity index (χ0n) is 12.3. The van der Waals surface area contributed by atoms with Gasteiger partial charge in [-0.3, -0.25) is 19.8 Å². The first kappa shape index (κ1) is 16.4. The maximum atomic E-state index is 11.7. The number of amides is 1. The lowest BCUT2D eigenvalue weighted by molar-refractivity contribution is -0.141. The molecule has 1 aliphatic rings. The van der Waals surface area contributed by atoms with E-state index >= 15 is 0 Å². The molecular formula is C15H21N3O4. The number of nitrogens with one attached hydrogen (secondary N) is 1. The molecule has 0 saturated carbocycles. The average Bonchev–Trinajstić information content (AvgIpc) is 2.52. The maximum Gasteiger partial charge on any atom is 0.321 e. The third-order valence-corrected chi connectivity index (χ3v) is 3.62. The number of nitrogens with zero attached hydrogens (tertiary/aromatic N) is 1. The number of carbonyl (C=O) groups is 2. The van der Waals surface area contributed by atoms with Crippen molar-refractivity contribution in [3.63, 3.8) is 0 Å². The minimum Gasteiger partial charge on any atom is -0.480 e. The quantitative estimate of drug-likeness (QED) is 0.622. The summed E-state index contributed by atoms with van der Waals surface area (Å²) in [5.74, 6) is -1.59. The summed E-state index contributed by atoms with van der Waals surface area (Å²) in [6, 6.07) is 8.38. The van der Waals surface area contributed by atoms with E-state index in [1.54, 1.807) is 0 Å². The van der Waals surface area contributed by atoms with Crippen molar-refractivity contribution >= 4 is 11.9 Å². The number of primary amides is 1. The van der Waals surface area contributed by atoms with Crippen LogP contribution in [-0.2, 0) is 20.7 Å². The van der Waals surface area contributed by atoms with Crippen LogP contribution in [0.3, 0.4) is 0 Å². The first-order valence-corrected chi connectivity index (χ1v) is 7.22. The second-order valence-electron chi connectivity index (χ2n) is 5.20. The molecule has 7 nitrogen and oxygen atoms in total. The molecule has 2 rings (SSSR count). The van der Waals surface area contributed by atoms with Gasteiger partial charge in [0.05, 0.1) is 13.2 Å². The van der Waals surface area contributed by atoms with Crippen molar-refractivity contribution in [1.29, 1.82) is 0 Å². The van der Waals surface area contributed by atoms with Crippen LogP contribution in [0.5, 0.6) is 0 Å². The SMILES string of the molecule is NC(=O)C(N[C@@H](Cc1ccccc1)C(=O)O)N1CCOCC1. The van der Waals surface area contributed by atoms with E-state index in [2.05, 4.69) is 5.32 Å². The highest BCUT2D eigenvalue weighted by Gasteiger charge is 2.30. The molecular weight excluding hydrogens is 286 g/mol. The highest BCUT2D eigenvalue weighted by atomic mass is 16.5. The minimum atomic E-state index is -1.01. The molecule has 0 aromatic heterocycles. The molecule has 0 radical (unpaired) electrons. The molecule has 7 heteroatoms. The number of benzene rings is 1. The van der Waals surface area contributed by atoms with Crippen molar-refractivity contribution < 1.29 is 19.4 Å². The van der Waals surface area contributed by atoms with Gasteiger partial charge >= 0.3 is 5.97 Å². The molecule has 22 heavy (non-hydrogen) atoms. The van der Waals surface area contributed by atoms with E-state index in [4.69, 9.17) is 10.5 Å². The van der Waals surface area contributed by atoms with E-state index < -0.39 is 24.1 Å². The van der Waals surface area contributed by atoms with Crippen LogP contribution in [0.15, 0.2) is 30.3 Å². The van der Waals surface area contributed by atoms with Gasteiger partial charge in [-0.05, 0) is 12.0 Å². The molecule has 0 aliphatic carbocycles. The molecule has 4 N–H and O–H groups in total. The molecule has 1 aromatic rings. The van der Waals surface area contributed by atoms with Crippen molar-refractivity contribution in [2.75, 3.05) is 26.3 Å². The molecule has 1 aliphatic heterocycles. The number of rotatable bonds is 7. The van der Waals surface area contributed by atoms with E-state index in [0.717, 1.165) is 5.56 Å². The van der Waals surface area contributed by atoms with Crippen LogP contribution < -0.4 is 11.1 Å². The zero-order valence-corrected chi connectivity index (χ0v) is 12.3. The van der Waals surface area contributed by atoms with Crippen LogP contribution in [0, 0.1) is 0 Å². The topological polar surface area (TPSA) is 105 Å². The van der Waals surface area contributed by atoms with Gasteiger partial charge in [-0.15, -0.1) is 0 Å². The second kappa shape index (κ2) is 7.88. The number of nitrogens with two attached hydrogens (primary N) is 1. The van der Waals surface area contributed by atoms with Crippen molar-refractivity contribution in [3.05, 3.63) is 35.9 Å². The lowest BCUT2D eigenvalue weighted by atomic mass is 10.1. The van der Waals surface area contributed by atoms with Gasteiger partial charge in [-0.25, -0.2) is 0 Å². The van der Waals surface area contributed by atoms with Gasteiger partial charge < -0.3 is 15.6 Å². The summed E-state index contributed by atoms with van der Waals surface area (Å²) < 4.78 is 5.24. The summed E-state index contributed by atoms with van der Waals surface area (Å²) in [4.78, 5) is 25.0.